The Labute approximate surface area is 273 Å². The van der Waals surface area contributed by atoms with E-state index in [9.17, 15) is 24.0 Å². The first-order valence-corrected chi connectivity index (χ1v) is 16.0. The molecule has 0 aromatic heterocycles. The van der Waals surface area contributed by atoms with Gasteiger partial charge >= 0.3 is 18.1 Å². The number of hydrogen-bond donors (Lipinski definition) is 5. The predicted octanol–water partition coefficient (Wildman–Crippen LogP) is 2.67. The standard InChI is InChI=1S/C34H43N5O8/c1-20(2)34(30(42)45-3,39-32(44)46-18-26-24-11-6-4-9-22(24)23-10-5-7-12-25(23)26)29(41)38-27(13-8-14-36-31(35)43)28(40)37-19-47-33-15-21(16-33)17-33/h4-7,9-12,20-21,26-27H,8,13-19H2,1-3H3,(H,37,40)(H,38,41)(H,39,44)(H3,35,36,43)/t21?,27-,33?,34-/m0/s1. The van der Waals surface area contributed by atoms with Gasteiger partial charge in [0.2, 0.25) is 11.4 Å². The second-order valence-electron chi connectivity index (χ2n) is 12.9. The summed E-state index contributed by atoms with van der Waals surface area (Å²) in [4.78, 5) is 65.1. The van der Waals surface area contributed by atoms with E-state index in [2.05, 4.69) is 21.3 Å². The Bertz CT molecular complexity index is 1470. The first kappa shape index (κ1) is 33.7. The number of urea groups is 1. The van der Waals surface area contributed by atoms with Crippen molar-refractivity contribution in [2.24, 2.45) is 17.6 Å². The zero-order chi connectivity index (χ0) is 33.8. The Morgan fingerprint density at radius 1 is 0.957 bits per heavy atom. The van der Waals surface area contributed by atoms with E-state index < -0.39 is 47.4 Å². The third-order valence-electron chi connectivity index (χ3n) is 9.57. The number of benzene rings is 2. The van der Waals surface area contributed by atoms with Crippen LogP contribution in [0.1, 0.15) is 63.0 Å². The fraction of sp³-hybridized carbons (Fsp3) is 0.500. The highest BCUT2D eigenvalue weighted by atomic mass is 16.6. The lowest BCUT2D eigenvalue weighted by atomic mass is 9.52. The molecule has 2 atom stereocenters. The number of amides is 5. The molecule has 0 unspecified atom stereocenters. The SMILES string of the molecule is COC(=O)[C@@](NC(=O)OCC1c2ccccc2-c2ccccc21)(C(=O)N[C@@H](CCCNC(N)=O)C(=O)NCOC12CC(C1)C2)C(C)C. The van der Waals surface area contributed by atoms with Crippen LogP contribution in [0.15, 0.2) is 48.5 Å². The molecule has 6 N–H and O–H groups in total. The van der Waals surface area contributed by atoms with Gasteiger partial charge in [-0.2, -0.15) is 0 Å². The van der Waals surface area contributed by atoms with Gasteiger partial charge in [-0.05, 0) is 66.2 Å². The second kappa shape index (κ2) is 14.0. The highest BCUT2D eigenvalue weighted by Crippen LogP contribution is 2.59. The van der Waals surface area contributed by atoms with Gasteiger partial charge < -0.3 is 35.9 Å². The van der Waals surface area contributed by atoms with Crippen LogP contribution in [0.25, 0.3) is 11.1 Å². The number of esters is 1. The number of fused-ring (bicyclic) bond motifs is 3. The Morgan fingerprint density at radius 3 is 2.11 bits per heavy atom. The maximum atomic E-state index is 14.0. The second-order valence-corrected chi connectivity index (χ2v) is 12.9. The number of primary amides is 1. The number of methoxy groups -OCH3 is 1. The smallest absolute Gasteiger partial charge is 0.408 e. The lowest BCUT2D eigenvalue weighted by Crippen LogP contribution is -2.69. The number of hydrogen-bond acceptors (Lipinski definition) is 8. The number of alkyl carbamates (subject to hydrolysis) is 1. The molecular formula is C34H43N5O8. The lowest BCUT2D eigenvalue weighted by molar-refractivity contribution is -0.229. The molecule has 0 spiro atoms. The van der Waals surface area contributed by atoms with Crippen molar-refractivity contribution in [3.8, 4) is 11.1 Å². The zero-order valence-electron chi connectivity index (χ0n) is 26.9. The number of ether oxygens (including phenoxy) is 3. The summed E-state index contributed by atoms with van der Waals surface area (Å²) in [7, 11) is 1.11. The van der Waals surface area contributed by atoms with Crippen molar-refractivity contribution in [3.63, 3.8) is 0 Å². The highest BCUT2D eigenvalue weighted by molar-refractivity contribution is 6.10. The van der Waals surface area contributed by atoms with Crippen LogP contribution < -0.4 is 27.0 Å². The molecule has 2 aromatic carbocycles. The largest absolute Gasteiger partial charge is 0.467 e. The van der Waals surface area contributed by atoms with E-state index >= 15 is 0 Å². The van der Waals surface area contributed by atoms with E-state index in [4.69, 9.17) is 19.9 Å². The van der Waals surface area contributed by atoms with E-state index in [1.807, 2.05) is 48.5 Å². The van der Waals surface area contributed by atoms with E-state index in [0.717, 1.165) is 48.6 Å². The summed E-state index contributed by atoms with van der Waals surface area (Å²) in [5.41, 5.74) is 6.85. The molecule has 47 heavy (non-hydrogen) atoms. The third-order valence-corrected chi connectivity index (χ3v) is 9.57. The van der Waals surface area contributed by atoms with E-state index in [1.165, 1.54) is 0 Å². The fourth-order valence-corrected chi connectivity index (χ4v) is 6.82. The average Bonchev–Trinajstić information content (AvgIpc) is 3.33. The summed E-state index contributed by atoms with van der Waals surface area (Å²) in [6, 6.07) is 13.8. The molecule has 5 amide bonds. The zero-order valence-corrected chi connectivity index (χ0v) is 26.9. The van der Waals surface area contributed by atoms with Crippen LogP contribution in [-0.4, -0.2) is 74.1 Å². The van der Waals surface area contributed by atoms with E-state index in [-0.39, 0.29) is 44.2 Å². The summed E-state index contributed by atoms with van der Waals surface area (Å²) in [5.74, 6) is -2.89. The Hall–Kier alpha value is -4.65. The topological polar surface area (TPSA) is 187 Å². The van der Waals surface area contributed by atoms with E-state index in [1.54, 1.807) is 13.8 Å². The summed E-state index contributed by atoms with van der Waals surface area (Å²) in [6.07, 6.45) is 2.28. The molecule has 6 rings (SSSR count). The van der Waals surface area contributed by atoms with Gasteiger partial charge in [-0.3, -0.25) is 14.9 Å². The molecule has 0 saturated heterocycles. The van der Waals surface area contributed by atoms with Crippen LogP contribution in [0.2, 0.25) is 0 Å². The van der Waals surface area contributed by atoms with Gasteiger partial charge in [0, 0.05) is 12.5 Å². The quantitative estimate of drug-likeness (QED) is 0.0843. The van der Waals surface area contributed by atoms with Crippen molar-refractivity contribution in [1.82, 2.24) is 21.3 Å². The lowest BCUT2D eigenvalue weighted by Gasteiger charge is -2.60. The molecule has 0 aliphatic heterocycles. The Morgan fingerprint density at radius 2 is 1.57 bits per heavy atom. The van der Waals surface area contributed by atoms with Crippen molar-refractivity contribution < 1.29 is 38.2 Å². The van der Waals surface area contributed by atoms with Gasteiger partial charge in [-0.25, -0.2) is 14.4 Å². The molecule has 252 valence electrons. The number of nitrogens with two attached hydrogens (primary N) is 1. The minimum atomic E-state index is -2.23. The van der Waals surface area contributed by atoms with Crippen LogP contribution in [0, 0.1) is 11.8 Å². The van der Waals surface area contributed by atoms with Crippen molar-refractivity contribution >= 4 is 29.9 Å². The maximum Gasteiger partial charge on any atom is 0.408 e. The molecule has 2 aromatic rings. The number of nitrogens with one attached hydrogen (secondary N) is 4. The van der Waals surface area contributed by atoms with Gasteiger partial charge in [-0.1, -0.05) is 62.4 Å². The summed E-state index contributed by atoms with van der Waals surface area (Å²) in [6.45, 7) is 3.21. The molecule has 13 heteroatoms. The first-order valence-electron chi connectivity index (χ1n) is 16.0. The third kappa shape index (κ3) is 6.90. The maximum absolute atomic E-state index is 14.0. The van der Waals surface area contributed by atoms with Gasteiger partial charge in [0.15, 0.2) is 0 Å². The minimum absolute atomic E-state index is 0.0399. The molecular weight excluding hydrogens is 606 g/mol. The van der Waals surface area contributed by atoms with Gasteiger partial charge in [0.25, 0.3) is 5.91 Å². The molecule has 4 aliphatic carbocycles. The van der Waals surface area contributed by atoms with Crippen molar-refractivity contribution in [2.75, 3.05) is 27.0 Å². The van der Waals surface area contributed by atoms with Gasteiger partial charge in [-0.15, -0.1) is 0 Å². The summed E-state index contributed by atoms with van der Waals surface area (Å²) in [5, 5.41) is 10.3. The van der Waals surface area contributed by atoms with Crippen LogP contribution in [0.4, 0.5) is 9.59 Å². The van der Waals surface area contributed by atoms with Crippen molar-refractivity contribution in [1.29, 1.82) is 0 Å². The average molecular weight is 650 g/mol. The van der Waals surface area contributed by atoms with Crippen LogP contribution in [0.3, 0.4) is 0 Å². The van der Waals surface area contributed by atoms with Crippen LogP contribution in [0.5, 0.6) is 0 Å². The highest BCUT2D eigenvalue weighted by Gasteiger charge is 2.58. The molecule has 0 heterocycles. The van der Waals surface area contributed by atoms with Crippen LogP contribution >= 0.6 is 0 Å². The Kier molecular flexibility index (Phi) is 10.0. The fourth-order valence-electron chi connectivity index (χ4n) is 6.82. The molecule has 13 nitrogen and oxygen atoms in total. The first-order chi connectivity index (χ1) is 22.5. The molecule has 3 saturated carbocycles. The monoisotopic (exact) mass is 649 g/mol. The molecule has 2 bridgehead atoms. The van der Waals surface area contributed by atoms with Crippen molar-refractivity contribution in [3.05, 3.63) is 59.7 Å². The van der Waals surface area contributed by atoms with E-state index in [0.29, 0.717) is 5.92 Å². The molecule has 0 radical (unpaired) electrons. The molecule has 4 aliphatic rings. The van der Waals surface area contributed by atoms with Gasteiger partial charge in [0.1, 0.15) is 19.4 Å². The number of carbonyl (C=O) groups is 5. The minimum Gasteiger partial charge on any atom is -0.467 e. The molecule has 3 fully saturated rings. The van der Waals surface area contributed by atoms with Crippen molar-refractivity contribution in [2.45, 2.75) is 69.1 Å². The normalized spacial score (nSPS) is 20.6. The number of carbonyl (C=O) groups excluding carboxylic acids is 5. The summed E-state index contributed by atoms with van der Waals surface area (Å²) >= 11 is 0. The van der Waals surface area contributed by atoms with Gasteiger partial charge in [0.05, 0.1) is 12.7 Å². The number of rotatable bonds is 15. The summed E-state index contributed by atoms with van der Waals surface area (Å²) < 4.78 is 16.5. The van der Waals surface area contributed by atoms with Crippen LogP contribution in [-0.2, 0) is 28.6 Å². The predicted molar refractivity (Wildman–Crippen MR) is 171 cm³/mol. The Balaban J connectivity index is 1.28.